The van der Waals surface area contributed by atoms with E-state index in [0.29, 0.717) is 19.4 Å². The first kappa shape index (κ1) is 14.4. The SMILES string of the molecule is COC(=O)C(Cc1c[nH]c2ccccc12)N1C=CC(=O)CC1. The second-order valence-electron chi connectivity index (χ2n) is 5.37. The van der Waals surface area contributed by atoms with E-state index in [0.717, 1.165) is 16.5 Å². The minimum absolute atomic E-state index is 0.0898. The van der Waals surface area contributed by atoms with Crippen LogP contribution < -0.4 is 0 Å². The van der Waals surface area contributed by atoms with Gasteiger partial charge >= 0.3 is 5.97 Å². The minimum Gasteiger partial charge on any atom is -0.467 e. The van der Waals surface area contributed by atoms with E-state index in [1.807, 2.05) is 35.4 Å². The van der Waals surface area contributed by atoms with Crippen LogP contribution in [0.2, 0.25) is 0 Å². The molecule has 1 aliphatic rings. The van der Waals surface area contributed by atoms with Gasteiger partial charge in [-0.15, -0.1) is 0 Å². The summed E-state index contributed by atoms with van der Waals surface area (Å²) in [7, 11) is 1.39. The molecule has 0 aliphatic carbocycles. The van der Waals surface area contributed by atoms with Gasteiger partial charge in [-0.05, 0) is 17.7 Å². The predicted octanol–water partition coefficient (Wildman–Crippen LogP) is 2.04. The summed E-state index contributed by atoms with van der Waals surface area (Å²) in [6, 6.07) is 7.57. The molecule has 0 amide bonds. The quantitative estimate of drug-likeness (QED) is 0.877. The Kier molecular flexibility index (Phi) is 3.96. The van der Waals surface area contributed by atoms with Crippen LogP contribution >= 0.6 is 0 Å². The van der Waals surface area contributed by atoms with Crippen LogP contribution in [0.5, 0.6) is 0 Å². The fourth-order valence-corrected chi connectivity index (χ4v) is 2.82. The van der Waals surface area contributed by atoms with Crippen molar-refractivity contribution in [2.75, 3.05) is 13.7 Å². The van der Waals surface area contributed by atoms with Gasteiger partial charge in [0.15, 0.2) is 5.78 Å². The van der Waals surface area contributed by atoms with Crippen LogP contribution in [0.15, 0.2) is 42.7 Å². The molecule has 1 aromatic carbocycles. The van der Waals surface area contributed by atoms with Crippen molar-refractivity contribution >= 4 is 22.7 Å². The highest BCUT2D eigenvalue weighted by Gasteiger charge is 2.27. The first-order valence-corrected chi connectivity index (χ1v) is 7.28. The molecule has 2 heterocycles. The molecule has 5 nitrogen and oxygen atoms in total. The van der Waals surface area contributed by atoms with Gasteiger partial charge in [0.2, 0.25) is 0 Å². The van der Waals surface area contributed by atoms with Crippen LogP contribution in [0, 0.1) is 0 Å². The van der Waals surface area contributed by atoms with Crippen LogP contribution in [0.4, 0.5) is 0 Å². The molecule has 1 unspecified atom stereocenters. The van der Waals surface area contributed by atoms with Gasteiger partial charge in [-0.1, -0.05) is 18.2 Å². The van der Waals surface area contributed by atoms with Crippen LogP contribution in [0.3, 0.4) is 0 Å². The first-order chi connectivity index (χ1) is 10.7. The number of ketones is 1. The fourth-order valence-electron chi connectivity index (χ4n) is 2.82. The number of methoxy groups -OCH3 is 1. The number of aromatic nitrogens is 1. The predicted molar refractivity (Wildman–Crippen MR) is 83.3 cm³/mol. The van der Waals surface area contributed by atoms with Crippen LogP contribution in [0.25, 0.3) is 10.9 Å². The monoisotopic (exact) mass is 298 g/mol. The van der Waals surface area contributed by atoms with Crippen molar-refractivity contribution in [3.05, 3.63) is 48.3 Å². The zero-order chi connectivity index (χ0) is 15.5. The van der Waals surface area contributed by atoms with Gasteiger partial charge in [-0.25, -0.2) is 4.79 Å². The third-order valence-corrected chi connectivity index (χ3v) is 4.03. The molecular weight excluding hydrogens is 280 g/mol. The number of carbonyl (C=O) groups excluding carboxylic acids is 2. The number of nitrogens with zero attached hydrogens (tertiary/aromatic N) is 1. The lowest BCUT2D eigenvalue weighted by atomic mass is 10.0. The molecular formula is C17H18N2O3. The molecule has 0 bridgehead atoms. The highest BCUT2D eigenvalue weighted by atomic mass is 16.5. The number of rotatable bonds is 4. The lowest BCUT2D eigenvalue weighted by molar-refractivity contribution is -0.146. The van der Waals surface area contributed by atoms with Gasteiger partial charge in [0.1, 0.15) is 6.04 Å². The number of benzene rings is 1. The van der Waals surface area contributed by atoms with E-state index in [4.69, 9.17) is 4.74 Å². The summed E-state index contributed by atoms with van der Waals surface area (Å²) in [5.41, 5.74) is 2.11. The number of aromatic amines is 1. The number of fused-ring (bicyclic) bond motifs is 1. The highest BCUT2D eigenvalue weighted by molar-refractivity contribution is 5.91. The van der Waals surface area contributed by atoms with Crippen molar-refractivity contribution in [2.24, 2.45) is 0 Å². The number of hydrogen-bond acceptors (Lipinski definition) is 4. The average Bonchev–Trinajstić information content (AvgIpc) is 2.96. The Bertz CT molecular complexity index is 732. The van der Waals surface area contributed by atoms with Crippen molar-refractivity contribution in [1.82, 2.24) is 9.88 Å². The van der Waals surface area contributed by atoms with Crippen molar-refractivity contribution in [3.63, 3.8) is 0 Å². The second-order valence-corrected chi connectivity index (χ2v) is 5.37. The number of H-pyrrole nitrogens is 1. The maximum absolute atomic E-state index is 12.2. The number of nitrogens with one attached hydrogen (secondary N) is 1. The maximum atomic E-state index is 12.2. The largest absolute Gasteiger partial charge is 0.467 e. The summed E-state index contributed by atoms with van der Waals surface area (Å²) < 4.78 is 4.94. The molecule has 1 aromatic heterocycles. The molecule has 5 heteroatoms. The number of esters is 1. The van der Waals surface area contributed by atoms with Gasteiger partial charge in [0.25, 0.3) is 0 Å². The van der Waals surface area contributed by atoms with Crippen molar-refractivity contribution in [3.8, 4) is 0 Å². The third-order valence-electron chi connectivity index (χ3n) is 4.03. The van der Waals surface area contributed by atoms with Gasteiger partial charge in [0, 0.05) is 42.7 Å². The molecule has 0 saturated carbocycles. The average molecular weight is 298 g/mol. The zero-order valence-electron chi connectivity index (χ0n) is 12.4. The van der Waals surface area contributed by atoms with E-state index < -0.39 is 6.04 Å². The molecule has 3 rings (SSSR count). The van der Waals surface area contributed by atoms with Crippen molar-refractivity contribution in [2.45, 2.75) is 18.9 Å². The smallest absolute Gasteiger partial charge is 0.328 e. The van der Waals surface area contributed by atoms with Gasteiger partial charge in [0.05, 0.1) is 7.11 Å². The summed E-state index contributed by atoms with van der Waals surface area (Å²) >= 11 is 0. The Hall–Kier alpha value is -2.56. The van der Waals surface area contributed by atoms with Crippen LogP contribution in [-0.4, -0.2) is 41.3 Å². The van der Waals surface area contributed by atoms with Gasteiger partial charge in [-0.3, -0.25) is 4.79 Å². The standard InChI is InChI=1S/C17H18N2O3/c1-22-17(21)16(19-8-6-13(20)7-9-19)10-12-11-18-15-5-3-2-4-14(12)15/h2-6,8,11,16,18H,7,9-10H2,1H3. The Balaban J connectivity index is 1.88. The number of hydrogen-bond donors (Lipinski definition) is 1. The van der Waals surface area contributed by atoms with Crippen molar-refractivity contribution in [1.29, 1.82) is 0 Å². The Morgan fingerprint density at radius 2 is 2.23 bits per heavy atom. The highest BCUT2D eigenvalue weighted by Crippen LogP contribution is 2.22. The van der Waals surface area contributed by atoms with Crippen LogP contribution in [-0.2, 0) is 20.7 Å². The number of para-hydroxylation sites is 1. The zero-order valence-corrected chi connectivity index (χ0v) is 12.4. The topological polar surface area (TPSA) is 62.4 Å². The Labute approximate surface area is 128 Å². The molecule has 1 N–H and O–H groups in total. The van der Waals surface area contributed by atoms with E-state index >= 15 is 0 Å². The van der Waals surface area contributed by atoms with E-state index in [9.17, 15) is 9.59 Å². The minimum atomic E-state index is -0.423. The number of carbonyl (C=O) groups is 2. The molecule has 0 fully saturated rings. The van der Waals surface area contributed by atoms with E-state index in [-0.39, 0.29) is 11.8 Å². The van der Waals surface area contributed by atoms with Gasteiger partial charge < -0.3 is 14.6 Å². The molecule has 22 heavy (non-hydrogen) atoms. The summed E-state index contributed by atoms with van der Waals surface area (Å²) in [6.45, 7) is 0.539. The van der Waals surface area contributed by atoms with Gasteiger partial charge in [-0.2, -0.15) is 0 Å². The summed E-state index contributed by atoms with van der Waals surface area (Å²) in [4.78, 5) is 28.6. The summed E-state index contributed by atoms with van der Waals surface area (Å²) in [5, 5.41) is 1.11. The molecule has 114 valence electrons. The Morgan fingerprint density at radius 1 is 1.41 bits per heavy atom. The maximum Gasteiger partial charge on any atom is 0.328 e. The summed E-state index contributed by atoms with van der Waals surface area (Å²) in [5.74, 6) is -0.198. The molecule has 0 spiro atoms. The van der Waals surface area contributed by atoms with Crippen LogP contribution in [0.1, 0.15) is 12.0 Å². The fraction of sp³-hybridized carbons (Fsp3) is 0.294. The molecule has 2 aromatic rings. The summed E-state index contributed by atoms with van der Waals surface area (Å²) in [6.07, 6.45) is 6.11. The third kappa shape index (κ3) is 2.74. The van der Waals surface area contributed by atoms with E-state index in [2.05, 4.69) is 4.98 Å². The molecule has 0 saturated heterocycles. The molecule has 1 aliphatic heterocycles. The van der Waals surface area contributed by atoms with E-state index in [1.165, 1.54) is 13.2 Å². The van der Waals surface area contributed by atoms with E-state index in [1.54, 1.807) is 6.20 Å². The first-order valence-electron chi connectivity index (χ1n) is 7.28. The molecule has 0 radical (unpaired) electrons. The Morgan fingerprint density at radius 3 is 2.95 bits per heavy atom. The van der Waals surface area contributed by atoms with Crippen molar-refractivity contribution < 1.29 is 14.3 Å². The number of ether oxygens (including phenoxy) is 1. The number of allylic oxidation sites excluding steroid dienone is 1. The second kappa shape index (κ2) is 6.05. The lowest BCUT2D eigenvalue weighted by Crippen LogP contribution is -2.42. The molecule has 1 atom stereocenters. The normalized spacial score (nSPS) is 16.0. The lowest BCUT2D eigenvalue weighted by Gasteiger charge is -2.30.